The van der Waals surface area contributed by atoms with E-state index >= 15 is 0 Å². The number of thiazole rings is 1. The first-order valence-corrected chi connectivity index (χ1v) is 11.1. The molecule has 0 atom stereocenters. The van der Waals surface area contributed by atoms with Gasteiger partial charge in [0, 0.05) is 24.9 Å². The summed E-state index contributed by atoms with van der Waals surface area (Å²) in [6.45, 7) is 4.10. The Labute approximate surface area is 170 Å². The van der Waals surface area contributed by atoms with Crippen LogP contribution < -0.4 is 4.80 Å². The maximum absolute atomic E-state index is 12.4. The molecule has 3 aromatic rings. The summed E-state index contributed by atoms with van der Waals surface area (Å²) in [6.07, 6.45) is 2.78. The van der Waals surface area contributed by atoms with Crippen molar-refractivity contribution in [1.82, 2.24) is 4.57 Å². The molecule has 1 aromatic heterocycles. The Balaban J connectivity index is 1.95. The normalized spacial score (nSPS) is 12.2. The molecular weight excluding hydrogens is 414 g/mol. The van der Waals surface area contributed by atoms with Crippen molar-refractivity contribution in [3.05, 3.63) is 75.6 Å². The Morgan fingerprint density at radius 3 is 2.55 bits per heavy atom. The fourth-order valence-corrected chi connectivity index (χ4v) is 4.46. The van der Waals surface area contributed by atoms with E-state index in [4.69, 9.17) is 0 Å². The van der Waals surface area contributed by atoms with Gasteiger partial charge in [-0.15, -0.1) is 6.58 Å². The fourth-order valence-electron chi connectivity index (χ4n) is 2.74. The zero-order valence-corrected chi connectivity index (χ0v) is 17.1. The summed E-state index contributed by atoms with van der Waals surface area (Å²) in [7, 11) is -3.30. The zero-order valence-electron chi connectivity index (χ0n) is 15.4. The highest BCUT2D eigenvalue weighted by Gasteiger charge is 2.13. The summed E-state index contributed by atoms with van der Waals surface area (Å²) in [4.78, 5) is 27.7. The smallest absolute Gasteiger partial charge is 0.270 e. The first-order valence-electron chi connectivity index (χ1n) is 8.44. The monoisotopic (exact) mass is 431 g/mol. The average molecular weight is 431 g/mol. The molecule has 1 heterocycles. The van der Waals surface area contributed by atoms with Crippen LogP contribution >= 0.6 is 11.3 Å². The highest BCUT2D eigenvalue weighted by molar-refractivity contribution is 7.90. The van der Waals surface area contributed by atoms with Crippen LogP contribution in [-0.2, 0) is 27.6 Å². The van der Waals surface area contributed by atoms with Crippen molar-refractivity contribution in [3.63, 3.8) is 0 Å². The molecule has 29 heavy (non-hydrogen) atoms. The topological polar surface area (TPSA) is 112 Å². The predicted octanol–water partition coefficient (Wildman–Crippen LogP) is 2.87. The van der Waals surface area contributed by atoms with Crippen LogP contribution in [0.3, 0.4) is 0 Å². The van der Waals surface area contributed by atoms with Crippen LogP contribution in [-0.4, -0.2) is 30.1 Å². The lowest BCUT2D eigenvalue weighted by Gasteiger charge is -2.02. The minimum Gasteiger partial charge on any atom is -0.312 e. The first kappa shape index (κ1) is 20.6. The lowest BCUT2D eigenvalue weighted by Crippen LogP contribution is -2.16. The van der Waals surface area contributed by atoms with Gasteiger partial charge in [-0.2, -0.15) is 4.99 Å². The molecule has 0 fully saturated rings. The Kier molecular flexibility index (Phi) is 5.76. The number of rotatable bonds is 6. The number of fused-ring (bicyclic) bond motifs is 1. The third-order valence-electron chi connectivity index (χ3n) is 4.12. The van der Waals surface area contributed by atoms with Gasteiger partial charge in [0.2, 0.25) is 0 Å². The first-order chi connectivity index (χ1) is 13.7. The number of nitro benzene ring substituents is 1. The minimum atomic E-state index is -3.30. The van der Waals surface area contributed by atoms with Gasteiger partial charge in [-0.25, -0.2) is 8.42 Å². The summed E-state index contributed by atoms with van der Waals surface area (Å²) in [5.74, 6) is -0.407. The number of amides is 1. The Morgan fingerprint density at radius 2 is 1.97 bits per heavy atom. The van der Waals surface area contributed by atoms with Gasteiger partial charge in [-0.1, -0.05) is 29.5 Å². The van der Waals surface area contributed by atoms with Crippen molar-refractivity contribution >= 4 is 43.0 Å². The van der Waals surface area contributed by atoms with Gasteiger partial charge in [0.25, 0.3) is 11.6 Å². The number of nitrogens with zero attached hydrogens (tertiary/aromatic N) is 3. The van der Waals surface area contributed by atoms with Crippen LogP contribution in [0.25, 0.3) is 10.2 Å². The van der Waals surface area contributed by atoms with Crippen LogP contribution in [0.5, 0.6) is 0 Å². The van der Waals surface area contributed by atoms with Crippen molar-refractivity contribution in [3.8, 4) is 0 Å². The third kappa shape index (κ3) is 4.66. The lowest BCUT2D eigenvalue weighted by atomic mass is 10.1. The van der Waals surface area contributed by atoms with E-state index in [0.29, 0.717) is 21.6 Å². The number of non-ortho nitro benzene ring substituents is 1. The lowest BCUT2D eigenvalue weighted by molar-refractivity contribution is -0.384. The number of hydrogen-bond acceptors (Lipinski definition) is 6. The highest BCUT2D eigenvalue weighted by Crippen LogP contribution is 2.23. The van der Waals surface area contributed by atoms with Gasteiger partial charge < -0.3 is 4.57 Å². The van der Waals surface area contributed by atoms with E-state index in [1.165, 1.54) is 35.6 Å². The second kappa shape index (κ2) is 8.10. The number of carbonyl (C=O) groups is 1. The third-order valence-corrected chi connectivity index (χ3v) is 6.29. The number of sulfone groups is 1. The largest absolute Gasteiger partial charge is 0.312 e. The predicted molar refractivity (Wildman–Crippen MR) is 110 cm³/mol. The molecule has 0 saturated carbocycles. The van der Waals surface area contributed by atoms with E-state index in [1.807, 2.05) is 0 Å². The van der Waals surface area contributed by atoms with Gasteiger partial charge in [-0.3, -0.25) is 14.9 Å². The molecule has 0 saturated heterocycles. The standard InChI is InChI=1S/C19H17N3O5S2/c1-3-10-21-16-9-6-14(22(24)25)12-17(16)28-19(21)20-18(23)11-13-4-7-15(8-5-13)29(2,26)27/h3-9,12H,1,10-11H2,2H3. The Hall–Kier alpha value is -3.11. The van der Waals surface area contributed by atoms with Crippen LogP contribution in [0.1, 0.15) is 5.56 Å². The molecule has 150 valence electrons. The Bertz CT molecular complexity index is 1290. The second-order valence-corrected chi connectivity index (χ2v) is 9.32. The van der Waals surface area contributed by atoms with Crippen molar-refractivity contribution in [2.45, 2.75) is 17.9 Å². The van der Waals surface area contributed by atoms with Crippen LogP contribution in [0.2, 0.25) is 0 Å². The number of allylic oxidation sites excluding steroid dienone is 1. The van der Waals surface area contributed by atoms with Crippen LogP contribution in [0.4, 0.5) is 5.69 Å². The van der Waals surface area contributed by atoms with Gasteiger partial charge in [0.05, 0.1) is 26.5 Å². The quantitative estimate of drug-likeness (QED) is 0.338. The molecule has 10 heteroatoms. The number of carbonyl (C=O) groups excluding carboxylic acids is 1. The highest BCUT2D eigenvalue weighted by atomic mass is 32.2. The molecule has 8 nitrogen and oxygen atoms in total. The molecule has 0 bridgehead atoms. The van der Waals surface area contributed by atoms with E-state index in [9.17, 15) is 23.3 Å². The fraction of sp³-hybridized carbons (Fsp3) is 0.158. The van der Waals surface area contributed by atoms with Crippen LogP contribution in [0.15, 0.2) is 65.0 Å². The number of benzene rings is 2. The average Bonchev–Trinajstić information content (AvgIpc) is 2.98. The van der Waals surface area contributed by atoms with Gasteiger partial charge in [-0.05, 0) is 23.8 Å². The molecule has 3 rings (SSSR count). The molecule has 0 unspecified atom stereocenters. The zero-order chi connectivity index (χ0) is 21.2. The molecule has 0 spiro atoms. The van der Waals surface area contributed by atoms with Crippen LogP contribution in [0, 0.1) is 10.1 Å². The SMILES string of the molecule is C=CCn1c(=NC(=O)Cc2ccc(S(C)(=O)=O)cc2)sc2cc([N+](=O)[O-])ccc21. The molecule has 0 N–H and O–H groups in total. The van der Waals surface area contributed by atoms with Gasteiger partial charge in [0.1, 0.15) is 0 Å². The van der Waals surface area contributed by atoms with E-state index in [0.717, 1.165) is 11.8 Å². The van der Waals surface area contributed by atoms with Gasteiger partial charge >= 0.3 is 0 Å². The summed E-state index contributed by atoms with van der Waals surface area (Å²) in [5.41, 5.74) is 1.33. The van der Waals surface area contributed by atoms with Gasteiger partial charge in [0.15, 0.2) is 14.6 Å². The van der Waals surface area contributed by atoms with E-state index in [1.54, 1.807) is 28.8 Å². The maximum atomic E-state index is 12.4. The number of nitro groups is 1. The maximum Gasteiger partial charge on any atom is 0.270 e. The van der Waals surface area contributed by atoms with Crippen molar-refractivity contribution in [2.24, 2.45) is 4.99 Å². The number of aromatic nitrogens is 1. The molecule has 2 aromatic carbocycles. The molecule has 0 aliphatic carbocycles. The van der Waals surface area contributed by atoms with Crippen molar-refractivity contribution in [1.29, 1.82) is 0 Å². The van der Waals surface area contributed by atoms with Crippen molar-refractivity contribution < 1.29 is 18.1 Å². The number of hydrogen-bond donors (Lipinski definition) is 0. The molecule has 0 aliphatic heterocycles. The summed E-state index contributed by atoms with van der Waals surface area (Å²) < 4.78 is 25.5. The summed E-state index contributed by atoms with van der Waals surface area (Å²) in [6, 6.07) is 10.5. The molecule has 0 aliphatic rings. The van der Waals surface area contributed by atoms with E-state index in [-0.39, 0.29) is 17.0 Å². The Morgan fingerprint density at radius 1 is 1.28 bits per heavy atom. The minimum absolute atomic E-state index is 0.00647. The molecule has 1 amide bonds. The van der Waals surface area contributed by atoms with Crippen molar-refractivity contribution in [2.75, 3.05) is 6.26 Å². The molecular formula is C19H17N3O5S2. The van der Waals surface area contributed by atoms with E-state index in [2.05, 4.69) is 11.6 Å². The summed E-state index contributed by atoms with van der Waals surface area (Å²) >= 11 is 1.18. The summed E-state index contributed by atoms with van der Waals surface area (Å²) in [5, 5.41) is 11.0. The molecule has 0 radical (unpaired) electrons. The van der Waals surface area contributed by atoms with E-state index < -0.39 is 20.7 Å². The second-order valence-electron chi connectivity index (χ2n) is 6.29.